The van der Waals surface area contributed by atoms with E-state index >= 15 is 0 Å². The van der Waals surface area contributed by atoms with Gasteiger partial charge in [-0.3, -0.25) is 4.79 Å². The van der Waals surface area contributed by atoms with Gasteiger partial charge in [0.15, 0.2) is 11.5 Å². The van der Waals surface area contributed by atoms with Crippen LogP contribution in [0.3, 0.4) is 0 Å². The zero-order valence-corrected chi connectivity index (χ0v) is 19.2. The molecule has 0 bridgehead atoms. The summed E-state index contributed by atoms with van der Waals surface area (Å²) in [6.07, 6.45) is 2.92. The van der Waals surface area contributed by atoms with Crippen LogP contribution in [0.5, 0.6) is 11.5 Å². The minimum Gasteiger partial charge on any atom is -0.454 e. The van der Waals surface area contributed by atoms with Gasteiger partial charge < -0.3 is 19.8 Å². The van der Waals surface area contributed by atoms with Crippen molar-refractivity contribution < 1.29 is 14.3 Å². The number of H-pyrrole nitrogens is 1. The first-order valence-corrected chi connectivity index (χ1v) is 11.5. The molecule has 0 aliphatic carbocycles. The zero-order valence-electron chi connectivity index (χ0n) is 17.7. The first-order chi connectivity index (χ1) is 16.1. The highest BCUT2D eigenvalue weighted by molar-refractivity contribution is 6.35. The summed E-state index contributed by atoms with van der Waals surface area (Å²) in [5.41, 5.74) is 4.06. The van der Waals surface area contributed by atoms with Gasteiger partial charge >= 0.3 is 0 Å². The Morgan fingerprint density at radius 3 is 2.76 bits per heavy atom. The summed E-state index contributed by atoms with van der Waals surface area (Å²) in [5, 5.41) is 5.34. The van der Waals surface area contributed by atoms with E-state index in [9.17, 15) is 4.79 Å². The summed E-state index contributed by atoms with van der Waals surface area (Å²) in [5.74, 6) is 1.25. The van der Waals surface area contributed by atoms with Crippen molar-refractivity contribution >= 4 is 40.0 Å². The van der Waals surface area contributed by atoms with Crippen molar-refractivity contribution in [2.24, 2.45) is 0 Å². The summed E-state index contributed by atoms with van der Waals surface area (Å²) < 4.78 is 11.0. The number of hydrogen-bond donors (Lipinski definition) is 2. The van der Waals surface area contributed by atoms with Gasteiger partial charge in [-0.25, -0.2) is 0 Å². The fourth-order valence-electron chi connectivity index (χ4n) is 4.24. The molecule has 5 rings (SSSR count). The van der Waals surface area contributed by atoms with E-state index in [0.29, 0.717) is 35.2 Å². The Bertz CT molecular complexity index is 1320. The van der Waals surface area contributed by atoms with Gasteiger partial charge in [-0.2, -0.15) is 0 Å². The fourth-order valence-corrected chi connectivity index (χ4v) is 4.74. The molecule has 1 unspecified atom stereocenters. The average Bonchev–Trinajstić information content (AvgIpc) is 3.45. The number of benzene rings is 3. The molecule has 0 radical (unpaired) electrons. The van der Waals surface area contributed by atoms with Crippen molar-refractivity contribution in [1.29, 1.82) is 0 Å². The number of nitrogens with one attached hydrogen (secondary N) is 2. The highest BCUT2D eigenvalue weighted by Crippen LogP contribution is 2.39. The van der Waals surface area contributed by atoms with Gasteiger partial charge in [0.2, 0.25) is 12.7 Å². The molecule has 7 heteroatoms. The summed E-state index contributed by atoms with van der Waals surface area (Å²) in [6.45, 7) is 0.701. The average molecular weight is 481 g/mol. The van der Waals surface area contributed by atoms with Crippen molar-refractivity contribution in [2.45, 2.75) is 18.8 Å². The van der Waals surface area contributed by atoms with Gasteiger partial charge in [-0.05, 0) is 53.4 Å². The number of amides is 1. The summed E-state index contributed by atoms with van der Waals surface area (Å²) in [6, 6.07) is 19.4. The second-order valence-electron chi connectivity index (χ2n) is 7.99. The van der Waals surface area contributed by atoms with E-state index in [1.165, 1.54) is 0 Å². The molecule has 0 fully saturated rings. The summed E-state index contributed by atoms with van der Waals surface area (Å²) in [7, 11) is 0. The van der Waals surface area contributed by atoms with E-state index in [-0.39, 0.29) is 18.6 Å². The number of ether oxygens (including phenoxy) is 2. The highest BCUT2D eigenvalue weighted by atomic mass is 35.5. The standard InChI is InChI=1S/C26H22Cl2N2O3/c27-18-7-5-16(22(28)12-18)9-10-29-26(31)13-20(17-6-8-24-25(11-17)33-15-32-24)21-14-30-23-4-2-1-3-19(21)23/h1-8,11-12,14,20,30H,9-10,13,15H2,(H,29,31). The number of carbonyl (C=O) groups excluding carboxylic acids is 1. The van der Waals surface area contributed by atoms with Crippen LogP contribution in [0.15, 0.2) is 66.9 Å². The van der Waals surface area contributed by atoms with Gasteiger partial charge in [-0.1, -0.05) is 53.5 Å². The van der Waals surface area contributed by atoms with Crippen molar-refractivity contribution in [3.63, 3.8) is 0 Å². The molecule has 1 amide bonds. The maximum absolute atomic E-state index is 13.0. The Kier molecular flexibility index (Phi) is 6.16. The third kappa shape index (κ3) is 4.65. The lowest BCUT2D eigenvalue weighted by molar-refractivity contribution is -0.121. The maximum Gasteiger partial charge on any atom is 0.231 e. The van der Waals surface area contributed by atoms with Gasteiger partial charge in [0.1, 0.15) is 0 Å². The molecule has 2 heterocycles. The first-order valence-electron chi connectivity index (χ1n) is 10.7. The van der Waals surface area contributed by atoms with E-state index in [1.807, 2.05) is 48.7 Å². The lowest BCUT2D eigenvalue weighted by atomic mass is 9.87. The van der Waals surface area contributed by atoms with E-state index in [1.54, 1.807) is 12.1 Å². The largest absolute Gasteiger partial charge is 0.454 e. The van der Waals surface area contributed by atoms with Crippen LogP contribution in [0.2, 0.25) is 10.0 Å². The predicted molar refractivity (Wildman–Crippen MR) is 130 cm³/mol. The van der Waals surface area contributed by atoms with E-state index in [2.05, 4.69) is 16.4 Å². The summed E-state index contributed by atoms with van der Waals surface area (Å²) >= 11 is 12.2. The lowest BCUT2D eigenvalue weighted by Crippen LogP contribution is -2.27. The van der Waals surface area contributed by atoms with Gasteiger partial charge in [-0.15, -0.1) is 0 Å². The number of aromatic amines is 1. The Morgan fingerprint density at radius 1 is 1.03 bits per heavy atom. The number of fused-ring (bicyclic) bond motifs is 2. The lowest BCUT2D eigenvalue weighted by Gasteiger charge is -2.18. The van der Waals surface area contributed by atoms with Gasteiger partial charge in [0.25, 0.3) is 0 Å². The molecular weight excluding hydrogens is 459 g/mol. The molecule has 1 atom stereocenters. The second kappa shape index (κ2) is 9.38. The Balaban J connectivity index is 1.36. The topological polar surface area (TPSA) is 63.4 Å². The van der Waals surface area contributed by atoms with Crippen molar-refractivity contribution in [1.82, 2.24) is 10.3 Å². The molecule has 33 heavy (non-hydrogen) atoms. The van der Waals surface area contributed by atoms with E-state index in [4.69, 9.17) is 32.7 Å². The van der Waals surface area contributed by atoms with E-state index in [0.717, 1.165) is 33.3 Å². The predicted octanol–water partition coefficient (Wildman–Crippen LogP) is 6.08. The molecule has 168 valence electrons. The number of rotatable bonds is 7. The third-order valence-electron chi connectivity index (χ3n) is 5.92. The Morgan fingerprint density at radius 2 is 1.88 bits per heavy atom. The van der Waals surface area contributed by atoms with Crippen molar-refractivity contribution in [3.05, 3.63) is 93.6 Å². The molecular formula is C26H22Cl2N2O3. The molecule has 4 aromatic rings. The van der Waals surface area contributed by atoms with Crippen molar-refractivity contribution in [3.8, 4) is 11.5 Å². The number of halogens is 2. The van der Waals surface area contributed by atoms with Crippen LogP contribution in [0, 0.1) is 0 Å². The first kappa shape index (κ1) is 21.7. The van der Waals surface area contributed by atoms with Crippen LogP contribution < -0.4 is 14.8 Å². The van der Waals surface area contributed by atoms with Gasteiger partial charge in [0, 0.05) is 46.0 Å². The van der Waals surface area contributed by atoms with Crippen LogP contribution in [0.4, 0.5) is 0 Å². The van der Waals surface area contributed by atoms with Crippen LogP contribution in [0.1, 0.15) is 29.0 Å². The molecule has 1 aromatic heterocycles. The molecule has 1 aliphatic heterocycles. The van der Waals surface area contributed by atoms with Crippen LogP contribution in [-0.4, -0.2) is 24.2 Å². The quantitative estimate of drug-likeness (QED) is 0.336. The zero-order chi connectivity index (χ0) is 22.8. The van der Waals surface area contributed by atoms with Crippen LogP contribution in [0.25, 0.3) is 10.9 Å². The minimum atomic E-state index is -0.144. The van der Waals surface area contributed by atoms with Gasteiger partial charge in [0.05, 0.1) is 0 Å². The Hall–Kier alpha value is -3.15. The highest BCUT2D eigenvalue weighted by Gasteiger charge is 2.24. The molecule has 5 nitrogen and oxygen atoms in total. The number of hydrogen-bond acceptors (Lipinski definition) is 3. The van der Waals surface area contributed by atoms with Crippen LogP contribution in [-0.2, 0) is 11.2 Å². The number of aromatic nitrogens is 1. The molecule has 2 N–H and O–H groups in total. The molecule has 0 saturated heterocycles. The monoisotopic (exact) mass is 480 g/mol. The second-order valence-corrected chi connectivity index (χ2v) is 8.84. The third-order valence-corrected chi connectivity index (χ3v) is 6.50. The minimum absolute atomic E-state index is 0.0342. The maximum atomic E-state index is 13.0. The number of carbonyl (C=O) groups is 1. The molecule has 0 spiro atoms. The SMILES string of the molecule is O=C(CC(c1ccc2c(c1)OCO2)c1c[nH]c2ccccc12)NCCc1ccc(Cl)cc1Cl. The van der Waals surface area contributed by atoms with E-state index < -0.39 is 0 Å². The normalized spacial score (nSPS) is 13.3. The number of para-hydroxylation sites is 1. The Labute approximate surface area is 201 Å². The molecule has 1 aliphatic rings. The fraction of sp³-hybridized carbons (Fsp3) is 0.192. The molecule has 0 saturated carbocycles. The smallest absolute Gasteiger partial charge is 0.231 e. The molecule has 3 aromatic carbocycles. The van der Waals surface area contributed by atoms with Crippen LogP contribution >= 0.6 is 23.2 Å². The summed E-state index contributed by atoms with van der Waals surface area (Å²) in [4.78, 5) is 16.3. The van der Waals surface area contributed by atoms with Crippen molar-refractivity contribution in [2.75, 3.05) is 13.3 Å².